The van der Waals surface area contributed by atoms with E-state index in [2.05, 4.69) is 15.8 Å². The molecule has 0 radical (unpaired) electrons. The van der Waals surface area contributed by atoms with E-state index in [4.69, 9.17) is 9.26 Å². The smallest absolute Gasteiger partial charge is 0.319 e. The predicted molar refractivity (Wildman–Crippen MR) is 91.3 cm³/mol. The third-order valence-electron chi connectivity index (χ3n) is 4.01. The van der Waals surface area contributed by atoms with Gasteiger partial charge in [-0.05, 0) is 24.5 Å². The zero-order valence-corrected chi connectivity index (χ0v) is 14.6. The van der Waals surface area contributed by atoms with Crippen molar-refractivity contribution in [1.29, 1.82) is 0 Å². The number of fused-ring (bicyclic) bond motifs is 1. The fraction of sp³-hybridized carbons (Fsp3) is 0.444. The molecule has 1 aliphatic rings. The van der Waals surface area contributed by atoms with Gasteiger partial charge in [0.05, 0.1) is 18.0 Å². The average molecular weight is 347 g/mol. The summed E-state index contributed by atoms with van der Waals surface area (Å²) in [6.07, 6.45) is 3.10. The first kappa shape index (κ1) is 17.3. The van der Waals surface area contributed by atoms with Crippen LogP contribution in [-0.4, -0.2) is 17.8 Å². The molecule has 0 spiro atoms. The van der Waals surface area contributed by atoms with Gasteiger partial charge in [0.1, 0.15) is 17.8 Å². The van der Waals surface area contributed by atoms with E-state index in [-0.39, 0.29) is 12.0 Å². The van der Waals surface area contributed by atoms with Crippen molar-refractivity contribution in [2.75, 3.05) is 11.9 Å². The second-order valence-electron chi connectivity index (χ2n) is 7.14. The summed E-state index contributed by atoms with van der Waals surface area (Å²) in [5.41, 5.74) is 2.53. The topological polar surface area (TPSA) is 76.4 Å². The zero-order valence-electron chi connectivity index (χ0n) is 14.6. The average Bonchev–Trinajstić information content (AvgIpc) is 3.01. The maximum Gasteiger partial charge on any atom is 0.319 e. The number of halogens is 1. The molecule has 0 atom stereocenters. The molecule has 0 unspecified atom stereocenters. The summed E-state index contributed by atoms with van der Waals surface area (Å²) in [5, 5.41) is 9.41. The van der Waals surface area contributed by atoms with Crippen LogP contribution in [0.15, 0.2) is 22.9 Å². The van der Waals surface area contributed by atoms with E-state index in [1.54, 1.807) is 0 Å². The maximum absolute atomic E-state index is 13.8. The highest BCUT2D eigenvalue weighted by atomic mass is 19.1. The number of amides is 2. The van der Waals surface area contributed by atoms with Crippen molar-refractivity contribution in [1.82, 2.24) is 10.5 Å². The van der Waals surface area contributed by atoms with Crippen molar-refractivity contribution >= 4 is 11.7 Å². The van der Waals surface area contributed by atoms with Crippen LogP contribution in [0.2, 0.25) is 0 Å². The summed E-state index contributed by atoms with van der Waals surface area (Å²) in [4.78, 5) is 12.2. The number of carbonyl (C=O) groups is 1. The standard InChI is InChI=1S/C18H22FN3O3/c1-18(2,3)16-12(10-25-22-16)9-20-17(23)21-14-8-13(19)7-11-5-4-6-24-15(11)14/h7-8,10H,4-6,9H2,1-3H3,(H2,20,21,23). The van der Waals surface area contributed by atoms with Gasteiger partial charge in [-0.25, -0.2) is 9.18 Å². The number of anilines is 1. The lowest BCUT2D eigenvalue weighted by atomic mass is 9.89. The molecule has 7 heteroatoms. The minimum absolute atomic E-state index is 0.185. The Morgan fingerprint density at radius 3 is 2.92 bits per heavy atom. The molecule has 25 heavy (non-hydrogen) atoms. The summed E-state index contributed by atoms with van der Waals surface area (Å²) in [6.45, 7) is 6.88. The SMILES string of the molecule is CC(C)(C)c1nocc1CNC(=O)Nc1cc(F)cc2c1OCCC2. The Morgan fingerprint density at radius 1 is 1.36 bits per heavy atom. The normalized spacial score (nSPS) is 13.8. The van der Waals surface area contributed by atoms with Gasteiger partial charge in [-0.3, -0.25) is 0 Å². The van der Waals surface area contributed by atoms with Gasteiger partial charge in [0.2, 0.25) is 0 Å². The van der Waals surface area contributed by atoms with Crippen LogP contribution in [0.5, 0.6) is 5.75 Å². The molecule has 2 N–H and O–H groups in total. The van der Waals surface area contributed by atoms with Gasteiger partial charge in [0.15, 0.2) is 0 Å². The molecule has 2 aromatic rings. The lowest BCUT2D eigenvalue weighted by molar-refractivity contribution is 0.251. The van der Waals surface area contributed by atoms with Gasteiger partial charge in [-0.2, -0.15) is 0 Å². The van der Waals surface area contributed by atoms with Crippen molar-refractivity contribution < 1.29 is 18.4 Å². The molecule has 3 rings (SSSR count). The van der Waals surface area contributed by atoms with Crippen LogP contribution < -0.4 is 15.4 Å². The van der Waals surface area contributed by atoms with Crippen LogP contribution in [-0.2, 0) is 18.4 Å². The van der Waals surface area contributed by atoms with Crippen molar-refractivity contribution in [3.63, 3.8) is 0 Å². The molecule has 0 fully saturated rings. The summed E-state index contributed by atoms with van der Waals surface area (Å²) in [7, 11) is 0. The molecule has 1 aliphatic heterocycles. The van der Waals surface area contributed by atoms with Crippen molar-refractivity contribution in [2.24, 2.45) is 0 Å². The van der Waals surface area contributed by atoms with Crippen molar-refractivity contribution in [2.45, 2.75) is 45.6 Å². The molecular weight excluding hydrogens is 325 g/mol. The number of aryl methyl sites for hydroxylation is 1. The molecular formula is C18H22FN3O3. The van der Waals surface area contributed by atoms with E-state index in [1.165, 1.54) is 18.4 Å². The molecule has 134 valence electrons. The van der Waals surface area contributed by atoms with Gasteiger partial charge in [0, 0.05) is 23.6 Å². The molecule has 6 nitrogen and oxygen atoms in total. The number of carbonyl (C=O) groups excluding carboxylic acids is 1. The summed E-state index contributed by atoms with van der Waals surface area (Å²) in [5.74, 6) is 0.150. The lowest BCUT2D eigenvalue weighted by Crippen LogP contribution is -2.29. The van der Waals surface area contributed by atoms with E-state index in [0.29, 0.717) is 18.0 Å². The van der Waals surface area contributed by atoms with Crippen LogP contribution in [0.25, 0.3) is 0 Å². The zero-order chi connectivity index (χ0) is 18.0. The Hall–Kier alpha value is -2.57. The largest absolute Gasteiger partial charge is 0.491 e. The minimum atomic E-state index is -0.442. The number of nitrogens with one attached hydrogen (secondary N) is 2. The first-order valence-electron chi connectivity index (χ1n) is 8.28. The maximum atomic E-state index is 13.8. The van der Waals surface area contributed by atoms with Crippen LogP contribution >= 0.6 is 0 Å². The molecule has 2 amide bonds. The predicted octanol–water partition coefficient (Wildman–Crippen LogP) is 3.76. The fourth-order valence-electron chi connectivity index (χ4n) is 2.88. The number of nitrogens with zero attached hydrogens (tertiary/aromatic N) is 1. The highest BCUT2D eigenvalue weighted by molar-refractivity contribution is 5.91. The van der Waals surface area contributed by atoms with E-state index in [9.17, 15) is 9.18 Å². The van der Waals surface area contributed by atoms with Gasteiger partial charge < -0.3 is 19.9 Å². The minimum Gasteiger partial charge on any atom is -0.491 e. The van der Waals surface area contributed by atoms with E-state index >= 15 is 0 Å². The number of rotatable bonds is 3. The molecule has 0 bridgehead atoms. The first-order chi connectivity index (χ1) is 11.8. The van der Waals surface area contributed by atoms with Gasteiger partial charge in [0.25, 0.3) is 0 Å². The van der Waals surface area contributed by atoms with Gasteiger partial charge >= 0.3 is 6.03 Å². The van der Waals surface area contributed by atoms with Crippen LogP contribution in [0.4, 0.5) is 14.9 Å². The Morgan fingerprint density at radius 2 is 2.16 bits per heavy atom. The molecule has 2 heterocycles. The summed E-state index contributed by atoms with van der Waals surface area (Å²) >= 11 is 0. The van der Waals surface area contributed by atoms with Gasteiger partial charge in [-0.1, -0.05) is 25.9 Å². The lowest BCUT2D eigenvalue weighted by Gasteiger charge is -2.21. The monoisotopic (exact) mass is 347 g/mol. The Balaban J connectivity index is 1.68. The number of ether oxygens (including phenoxy) is 1. The quantitative estimate of drug-likeness (QED) is 0.886. The van der Waals surface area contributed by atoms with E-state index in [1.807, 2.05) is 20.8 Å². The third-order valence-corrected chi connectivity index (χ3v) is 4.01. The Labute approximate surface area is 145 Å². The number of benzene rings is 1. The highest BCUT2D eigenvalue weighted by Gasteiger charge is 2.23. The number of hydrogen-bond donors (Lipinski definition) is 2. The van der Waals surface area contributed by atoms with Crippen LogP contribution in [0, 0.1) is 5.82 Å². The number of urea groups is 1. The number of aromatic nitrogens is 1. The second kappa shape index (κ2) is 6.74. The van der Waals surface area contributed by atoms with E-state index in [0.717, 1.165) is 29.7 Å². The summed E-state index contributed by atoms with van der Waals surface area (Å²) < 4.78 is 24.4. The molecule has 0 saturated carbocycles. The van der Waals surface area contributed by atoms with Crippen LogP contribution in [0.1, 0.15) is 44.0 Å². The Kier molecular flexibility index (Phi) is 4.65. The van der Waals surface area contributed by atoms with E-state index < -0.39 is 11.8 Å². The van der Waals surface area contributed by atoms with Crippen LogP contribution in [0.3, 0.4) is 0 Å². The molecule has 1 aromatic carbocycles. The van der Waals surface area contributed by atoms with Crippen molar-refractivity contribution in [3.05, 3.63) is 41.0 Å². The number of hydrogen-bond acceptors (Lipinski definition) is 4. The molecule has 0 saturated heterocycles. The molecule has 1 aromatic heterocycles. The third kappa shape index (κ3) is 3.92. The first-order valence-corrected chi connectivity index (χ1v) is 8.28. The molecule has 0 aliphatic carbocycles. The van der Waals surface area contributed by atoms with Crippen molar-refractivity contribution in [3.8, 4) is 5.75 Å². The highest BCUT2D eigenvalue weighted by Crippen LogP contribution is 2.34. The fourth-order valence-corrected chi connectivity index (χ4v) is 2.88. The summed E-state index contributed by atoms with van der Waals surface area (Å²) in [6, 6.07) is 2.27. The second-order valence-corrected chi connectivity index (χ2v) is 7.14. The van der Waals surface area contributed by atoms with Gasteiger partial charge in [-0.15, -0.1) is 0 Å². The Bertz CT molecular complexity index is 780.